The summed E-state index contributed by atoms with van der Waals surface area (Å²) in [6.45, 7) is 1.50. The Morgan fingerprint density at radius 2 is 1.70 bits per heavy atom. The average molecular weight is 398 g/mol. The van der Waals surface area contributed by atoms with E-state index in [1.165, 1.54) is 19.1 Å². The molecule has 1 aromatic heterocycles. The fourth-order valence-corrected chi connectivity index (χ4v) is 3.21. The van der Waals surface area contributed by atoms with Crippen molar-refractivity contribution in [2.45, 2.75) is 6.92 Å². The zero-order valence-electron chi connectivity index (χ0n) is 16.2. The Morgan fingerprint density at radius 3 is 2.37 bits per heavy atom. The number of hydrogen-bond acceptors (Lipinski definition) is 5. The first-order valence-corrected chi connectivity index (χ1v) is 9.39. The van der Waals surface area contributed by atoms with Gasteiger partial charge in [0.05, 0.1) is 11.4 Å². The van der Waals surface area contributed by atoms with Gasteiger partial charge in [-0.2, -0.15) is 5.10 Å². The topological polar surface area (TPSA) is 78.3 Å². The van der Waals surface area contributed by atoms with Crippen molar-refractivity contribution in [3.63, 3.8) is 0 Å². The Bertz CT molecular complexity index is 1170. The lowest BCUT2D eigenvalue weighted by Gasteiger charge is -2.15. The Hall–Kier alpha value is -4.06. The van der Waals surface area contributed by atoms with Crippen molar-refractivity contribution in [1.82, 2.24) is 9.78 Å². The molecule has 1 aliphatic heterocycles. The number of ketones is 2. The van der Waals surface area contributed by atoms with Crippen molar-refractivity contribution in [1.29, 1.82) is 0 Å². The first-order chi connectivity index (χ1) is 14.5. The maximum Gasteiger partial charge on any atom is 0.329 e. The van der Waals surface area contributed by atoms with Gasteiger partial charge in [0.1, 0.15) is 5.76 Å². The fourth-order valence-electron chi connectivity index (χ4n) is 3.21. The first kappa shape index (κ1) is 19.3. The summed E-state index contributed by atoms with van der Waals surface area (Å²) in [5.74, 6) is -3.32. The van der Waals surface area contributed by atoms with Crippen LogP contribution in [-0.2, 0) is 19.1 Å². The van der Waals surface area contributed by atoms with Gasteiger partial charge in [0.25, 0.3) is 0 Å². The van der Waals surface area contributed by atoms with Gasteiger partial charge in [-0.3, -0.25) is 14.4 Å². The molecular formula is C24H18N2O4. The van der Waals surface area contributed by atoms with Crippen LogP contribution >= 0.6 is 0 Å². The molecule has 0 N–H and O–H groups in total. The molecular weight excluding hydrogens is 380 g/mol. The highest BCUT2D eigenvalue weighted by molar-refractivity contribution is 6.25. The number of ether oxygens (including phenoxy) is 1. The van der Waals surface area contributed by atoms with Crippen LogP contribution in [0.1, 0.15) is 12.5 Å². The van der Waals surface area contributed by atoms with Crippen LogP contribution in [0, 0.1) is 5.92 Å². The average Bonchev–Trinajstić information content (AvgIpc) is 3.17. The van der Waals surface area contributed by atoms with Gasteiger partial charge in [-0.05, 0) is 31.2 Å². The van der Waals surface area contributed by atoms with E-state index in [0.717, 1.165) is 11.3 Å². The molecule has 2 heterocycles. The number of rotatable bonds is 5. The maximum absolute atomic E-state index is 12.6. The van der Waals surface area contributed by atoms with E-state index < -0.39 is 23.5 Å². The molecule has 148 valence electrons. The van der Waals surface area contributed by atoms with E-state index in [1.54, 1.807) is 17.0 Å². The number of benzene rings is 2. The molecule has 4 rings (SSSR count). The van der Waals surface area contributed by atoms with E-state index in [9.17, 15) is 14.4 Å². The van der Waals surface area contributed by atoms with Gasteiger partial charge < -0.3 is 4.74 Å². The molecule has 30 heavy (non-hydrogen) atoms. The van der Waals surface area contributed by atoms with E-state index in [2.05, 4.69) is 5.10 Å². The summed E-state index contributed by atoms with van der Waals surface area (Å²) in [4.78, 5) is 36.6. The Morgan fingerprint density at radius 1 is 1.03 bits per heavy atom. The number of para-hydroxylation sites is 1. The van der Waals surface area contributed by atoms with E-state index in [4.69, 9.17) is 4.74 Å². The highest BCUT2D eigenvalue weighted by atomic mass is 16.5. The van der Waals surface area contributed by atoms with Crippen molar-refractivity contribution in [3.8, 4) is 16.9 Å². The third-order valence-corrected chi connectivity index (χ3v) is 4.65. The first-order valence-electron chi connectivity index (χ1n) is 9.39. The molecule has 0 radical (unpaired) electrons. The number of esters is 1. The van der Waals surface area contributed by atoms with Gasteiger partial charge in [0.2, 0.25) is 0 Å². The van der Waals surface area contributed by atoms with Crippen molar-refractivity contribution in [3.05, 3.63) is 90.3 Å². The molecule has 0 bridgehead atoms. The van der Waals surface area contributed by atoms with Gasteiger partial charge in [-0.1, -0.05) is 48.5 Å². The molecule has 0 saturated carbocycles. The monoisotopic (exact) mass is 398 g/mol. The summed E-state index contributed by atoms with van der Waals surface area (Å²) >= 11 is 0. The summed E-state index contributed by atoms with van der Waals surface area (Å²) in [7, 11) is 0. The van der Waals surface area contributed by atoms with Crippen LogP contribution in [0.2, 0.25) is 0 Å². The quantitative estimate of drug-likeness (QED) is 0.371. The maximum atomic E-state index is 12.6. The van der Waals surface area contributed by atoms with Gasteiger partial charge in [-0.25, -0.2) is 4.68 Å². The molecule has 0 spiro atoms. The second-order valence-electron chi connectivity index (χ2n) is 6.83. The Kier molecular flexibility index (Phi) is 5.22. The molecule has 1 atom stereocenters. The molecule has 0 fully saturated rings. The number of hydrogen-bond donors (Lipinski definition) is 0. The minimum Gasteiger partial charge on any atom is -0.430 e. The van der Waals surface area contributed by atoms with E-state index in [0.29, 0.717) is 11.3 Å². The van der Waals surface area contributed by atoms with Crippen LogP contribution < -0.4 is 0 Å². The number of aromatic nitrogens is 2. The highest BCUT2D eigenvalue weighted by Gasteiger charge is 2.36. The molecule has 2 aromatic carbocycles. The van der Waals surface area contributed by atoms with Crippen LogP contribution in [-0.4, -0.2) is 27.3 Å². The van der Waals surface area contributed by atoms with E-state index >= 15 is 0 Å². The Labute approximate surface area is 173 Å². The normalized spacial score (nSPS) is 16.4. The van der Waals surface area contributed by atoms with Crippen molar-refractivity contribution in [2.24, 2.45) is 5.92 Å². The molecule has 3 aromatic rings. The summed E-state index contributed by atoms with van der Waals surface area (Å²) in [6.07, 6.45) is 5.77. The predicted octanol–water partition coefficient (Wildman–Crippen LogP) is 3.77. The van der Waals surface area contributed by atoms with Gasteiger partial charge in [0.15, 0.2) is 17.5 Å². The smallest absolute Gasteiger partial charge is 0.329 e. The molecule has 0 amide bonds. The van der Waals surface area contributed by atoms with Crippen LogP contribution in [0.5, 0.6) is 0 Å². The third-order valence-electron chi connectivity index (χ3n) is 4.65. The fraction of sp³-hybridized carbons (Fsp3) is 0.0833. The van der Waals surface area contributed by atoms with Crippen LogP contribution in [0.15, 0.2) is 84.8 Å². The lowest BCUT2D eigenvalue weighted by molar-refractivity contribution is -0.151. The number of cyclic esters (lactones) is 1. The lowest BCUT2D eigenvalue weighted by atomic mass is 9.95. The summed E-state index contributed by atoms with van der Waals surface area (Å²) < 4.78 is 6.65. The predicted molar refractivity (Wildman–Crippen MR) is 111 cm³/mol. The Balaban J connectivity index is 1.69. The number of allylic oxidation sites excluding steroid dienone is 3. The molecule has 0 aliphatic carbocycles. The van der Waals surface area contributed by atoms with E-state index in [-0.39, 0.29) is 5.76 Å². The van der Waals surface area contributed by atoms with Crippen LogP contribution in [0.25, 0.3) is 23.0 Å². The second-order valence-corrected chi connectivity index (χ2v) is 6.83. The summed E-state index contributed by atoms with van der Waals surface area (Å²) in [6, 6.07) is 19.1. The van der Waals surface area contributed by atoms with Crippen LogP contribution in [0.3, 0.4) is 0 Å². The molecule has 6 nitrogen and oxygen atoms in total. The highest BCUT2D eigenvalue weighted by Crippen LogP contribution is 2.25. The lowest BCUT2D eigenvalue weighted by Crippen LogP contribution is -2.34. The molecule has 0 unspecified atom stereocenters. The van der Waals surface area contributed by atoms with Crippen molar-refractivity contribution in [2.75, 3.05) is 0 Å². The van der Waals surface area contributed by atoms with Crippen LogP contribution in [0.4, 0.5) is 0 Å². The van der Waals surface area contributed by atoms with Crippen molar-refractivity contribution >= 4 is 23.6 Å². The summed E-state index contributed by atoms with van der Waals surface area (Å²) in [5, 5.41) is 4.67. The number of carbonyl (C=O) groups is 3. The standard InChI is InChI=1S/C24H18N2O4/c1-16-14-21(28)22(24(29)30-16)20(27)13-12-18-15-26(19-10-6-3-7-11-19)25-23(18)17-8-4-2-5-9-17/h2-15,22H,1H3/b13-12+/t22-/m1/s1. The number of nitrogens with zero attached hydrogens (tertiary/aromatic N) is 2. The van der Waals surface area contributed by atoms with Gasteiger partial charge in [0, 0.05) is 23.4 Å². The molecule has 0 saturated heterocycles. The van der Waals surface area contributed by atoms with Crippen molar-refractivity contribution < 1.29 is 19.1 Å². The largest absolute Gasteiger partial charge is 0.430 e. The minimum absolute atomic E-state index is 0.188. The zero-order chi connectivity index (χ0) is 21.1. The number of carbonyl (C=O) groups excluding carboxylic acids is 3. The van der Waals surface area contributed by atoms with E-state index in [1.807, 2.05) is 60.7 Å². The second kappa shape index (κ2) is 8.13. The van der Waals surface area contributed by atoms with Gasteiger partial charge >= 0.3 is 5.97 Å². The van der Waals surface area contributed by atoms with Gasteiger partial charge in [-0.15, -0.1) is 0 Å². The molecule has 1 aliphatic rings. The zero-order valence-corrected chi connectivity index (χ0v) is 16.2. The minimum atomic E-state index is -1.46. The third kappa shape index (κ3) is 3.89. The SMILES string of the molecule is CC1=CC(=O)[C@@H](C(=O)/C=C/c2cn(-c3ccccc3)nc2-c2ccccc2)C(=O)O1. The summed E-state index contributed by atoms with van der Waals surface area (Å²) in [5.41, 5.74) is 3.11. The molecule has 6 heteroatoms.